The first kappa shape index (κ1) is 26.2. The molecule has 0 spiro atoms. The minimum Gasteiger partial charge on any atom is -0.496 e. The van der Waals surface area contributed by atoms with Crippen LogP contribution in [-0.4, -0.2) is 79.2 Å². The van der Waals surface area contributed by atoms with Crippen molar-refractivity contribution in [1.82, 2.24) is 20.2 Å². The zero-order chi connectivity index (χ0) is 25.5. The van der Waals surface area contributed by atoms with Crippen LogP contribution in [0.3, 0.4) is 0 Å². The van der Waals surface area contributed by atoms with E-state index in [2.05, 4.69) is 15.3 Å². The number of nitrogens with zero attached hydrogens (tertiary/aromatic N) is 2. The number of amides is 2. The van der Waals surface area contributed by atoms with E-state index in [9.17, 15) is 14.4 Å². The van der Waals surface area contributed by atoms with Crippen molar-refractivity contribution in [2.75, 3.05) is 34.4 Å². The Balaban J connectivity index is 1.63. The predicted molar refractivity (Wildman–Crippen MR) is 130 cm³/mol. The molecule has 0 bridgehead atoms. The number of hydrogen-bond acceptors (Lipinski definition) is 7. The summed E-state index contributed by atoms with van der Waals surface area (Å²) in [7, 11) is 4.33. The van der Waals surface area contributed by atoms with Crippen LogP contribution in [-0.2, 0) is 20.7 Å². The standard InChI is InChI=1S/C24H29ClN4O6/c1-5-16-21(25)28-22(26-16)23(31)27-17-10-11-29(13-19(17)34-3)20(30)9-8-14-6-7-15(24(32)35-4)12-18(14)33-2/h6-9,12,17,19H,5,10-11,13H2,1-4H3,(H,26,28)(H,27,31)/b9-8-. The highest BCUT2D eigenvalue weighted by Crippen LogP contribution is 2.23. The number of aryl methyl sites for hydroxylation is 1. The van der Waals surface area contributed by atoms with Crippen molar-refractivity contribution in [2.45, 2.75) is 31.9 Å². The van der Waals surface area contributed by atoms with Crippen LogP contribution >= 0.6 is 11.6 Å². The number of rotatable bonds is 8. The average molecular weight is 505 g/mol. The second kappa shape index (κ2) is 11.9. The first-order valence-corrected chi connectivity index (χ1v) is 11.5. The van der Waals surface area contributed by atoms with Gasteiger partial charge in [-0.3, -0.25) is 9.59 Å². The zero-order valence-corrected chi connectivity index (χ0v) is 20.8. The number of H-pyrrole nitrogens is 1. The Labute approximate surface area is 208 Å². The molecule has 3 rings (SSSR count). The van der Waals surface area contributed by atoms with Gasteiger partial charge in [0.25, 0.3) is 5.91 Å². The van der Waals surface area contributed by atoms with Gasteiger partial charge in [0.1, 0.15) is 5.75 Å². The second-order valence-electron chi connectivity index (χ2n) is 7.92. The summed E-state index contributed by atoms with van der Waals surface area (Å²) in [4.78, 5) is 45.8. The fourth-order valence-corrected chi connectivity index (χ4v) is 4.11. The van der Waals surface area contributed by atoms with Gasteiger partial charge in [0.05, 0.1) is 37.6 Å². The number of imidazole rings is 1. The molecule has 1 fully saturated rings. The lowest BCUT2D eigenvalue weighted by Crippen LogP contribution is -2.55. The van der Waals surface area contributed by atoms with E-state index in [4.69, 9.17) is 25.8 Å². The van der Waals surface area contributed by atoms with Crippen LogP contribution in [0.4, 0.5) is 0 Å². The number of ether oxygens (including phenoxy) is 3. The number of hydrogen-bond donors (Lipinski definition) is 2. The summed E-state index contributed by atoms with van der Waals surface area (Å²) in [6.07, 6.45) is 3.82. The second-order valence-corrected chi connectivity index (χ2v) is 8.28. The van der Waals surface area contributed by atoms with Crippen LogP contribution in [0.5, 0.6) is 5.75 Å². The molecule has 2 heterocycles. The number of carbonyl (C=O) groups excluding carboxylic acids is 3. The molecular formula is C24H29ClN4O6. The SMILES string of the molecule is CCc1[nH]c(C(=O)NC2CCN(C(=O)/C=C\c3ccc(C(=O)OC)cc3OC)CC2OC)nc1Cl. The highest BCUT2D eigenvalue weighted by Gasteiger charge is 2.32. The molecule has 2 aromatic rings. The summed E-state index contributed by atoms with van der Waals surface area (Å²) in [5.41, 5.74) is 1.69. The molecule has 1 saturated heterocycles. The van der Waals surface area contributed by atoms with Gasteiger partial charge in [0, 0.05) is 31.8 Å². The highest BCUT2D eigenvalue weighted by molar-refractivity contribution is 6.30. The molecular weight excluding hydrogens is 476 g/mol. The molecule has 1 aliphatic rings. The first-order chi connectivity index (χ1) is 16.8. The Bertz CT molecular complexity index is 1120. The molecule has 0 radical (unpaired) electrons. The minimum atomic E-state index is -0.476. The molecule has 1 aliphatic heterocycles. The van der Waals surface area contributed by atoms with Gasteiger partial charge < -0.3 is 29.4 Å². The summed E-state index contributed by atoms with van der Waals surface area (Å²) < 4.78 is 15.6. The quantitative estimate of drug-likeness (QED) is 0.418. The summed E-state index contributed by atoms with van der Waals surface area (Å²) in [6.45, 7) is 2.66. The number of halogens is 1. The largest absolute Gasteiger partial charge is 0.496 e. The third kappa shape index (κ3) is 6.20. The van der Waals surface area contributed by atoms with Crippen LogP contribution in [0.25, 0.3) is 6.08 Å². The predicted octanol–water partition coefficient (Wildman–Crippen LogP) is 2.48. The third-order valence-electron chi connectivity index (χ3n) is 5.85. The lowest BCUT2D eigenvalue weighted by atomic mass is 10.0. The fourth-order valence-electron chi connectivity index (χ4n) is 3.85. The lowest BCUT2D eigenvalue weighted by molar-refractivity contribution is -0.130. The van der Waals surface area contributed by atoms with Gasteiger partial charge in [-0.1, -0.05) is 24.6 Å². The number of methoxy groups -OCH3 is 3. The molecule has 1 aromatic heterocycles. The van der Waals surface area contributed by atoms with Gasteiger partial charge in [-0.15, -0.1) is 0 Å². The molecule has 10 nitrogen and oxygen atoms in total. The van der Waals surface area contributed by atoms with E-state index in [1.807, 2.05) is 6.92 Å². The Kier molecular flexibility index (Phi) is 8.89. The van der Waals surface area contributed by atoms with Gasteiger partial charge in [0.15, 0.2) is 11.0 Å². The topological polar surface area (TPSA) is 123 Å². The molecule has 1 aromatic carbocycles. The van der Waals surface area contributed by atoms with Crippen LogP contribution in [0.15, 0.2) is 24.3 Å². The van der Waals surface area contributed by atoms with Gasteiger partial charge in [-0.2, -0.15) is 0 Å². The smallest absolute Gasteiger partial charge is 0.337 e. The van der Waals surface area contributed by atoms with Gasteiger partial charge in [-0.25, -0.2) is 9.78 Å². The van der Waals surface area contributed by atoms with E-state index in [0.29, 0.717) is 48.5 Å². The number of benzene rings is 1. The number of carbonyl (C=O) groups is 3. The summed E-state index contributed by atoms with van der Waals surface area (Å²) >= 11 is 6.04. The third-order valence-corrected chi connectivity index (χ3v) is 6.16. The minimum absolute atomic E-state index is 0.148. The fraction of sp³-hybridized carbons (Fsp3) is 0.417. The number of aromatic amines is 1. The lowest BCUT2D eigenvalue weighted by Gasteiger charge is -2.37. The maximum absolute atomic E-state index is 12.8. The molecule has 2 amide bonds. The van der Waals surface area contributed by atoms with Crippen LogP contribution < -0.4 is 10.1 Å². The van der Waals surface area contributed by atoms with Crippen LogP contribution in [0.2, 0.25) is 5.15 Å². The molecule has 35 heavy (non-hydrogen) atoms. The first-order valence-electron chi connectivity index (χ1n) is 11.1. The summed E-state index contributed by atoms with van der Waals surface area (Å²) in [5, 5.41) is 3.21. The van der Waals surface area contributed by atoms with Crippen LogP contribution in [0.1, 0.15) is 45.6 Å². The van der Waals surface area contributed by atoms with Crippen molar-refractivity contribution in [3.63, 3.8) is 0 Å². The Morgan fingerprint density at radius 3 is 2.69 bits per heavy atom. The Morgan fingerprint density at radius 1 is 1.29 bits per heavy atom. The zero-order valence-electron chi connectivity index (χ0n) is 20.1. The summed E-state index contributed by atoms with van der Waals surface area (Å²) in [5.74, 6) is -0.466. The van der Waals surface area contributed by atoms with E-state index in [1.54, 1.807) is 36.3 Å². The van der Waals surface area contributed by atoms with Gasteiger partial charge in [0.2, 0.25) is 5.91 Å². The average Bonchev–Trinajstić information content (AvgIpc) is 3.27. The van der Waals surface area contributed by atoms with Crippen LogP contribution in [0, 0.1) is 0 Å². The van der Waals surface area contributed by atoms with Gasteiger partial charge in [-0.05, 0) is 31.1 Å². The van der Waals surface area contributed by atoms with Crippen molar-refractivity contribution in [2.24, 2.45) is 0 Å². The van der Waals surface area contributed by atoms with E-state index in [0.717, 1.165) is 0 Å². The van der Waals surface area contributed by atoms with E-state index >= 15 is 0 Å². The number of esters is 1. The number of aromatic nitrogens is 2. The molecule has 2 atom stereocenters. The molecule has 188 valence electrons. The number of nitrogens with one attached hydrogen (secondary N) is 2. The maximum Gasteiger partial charge on any atom is 0.337 e. The van der Waals surface area contributed by atoms with Crippen molar-refractivity contribution in [1.29, 1.82) is 0 Å². The number of piperidine rings is 1. The Morgan fingerprint density at radius 2 is 2.06 bits per heavy atom. The molecule has 2 N–H and O–H groups in total. The normalized spacial score (nSPS) is 17.9. The van der Waals surface area contributed by atoms with Crippen molar-refractivity contribution < 1.29 is 28.6 Å². The molecule has 0 aliphatic carbocycles. The van der Waals surface area contributed by atoms with Gasteiger partial charge >= 0.3 is 5.97 Å². The summed E-state index contributed by atoms with van der Waals surface area (Å²) in [6, 6.07) is 4.55. The van der Waals surface area contributed by atoms with E-state index in [1.165, 1.54) is 20.3 Å². The van der Waals surface area contributed by atoms with Crippen molar-refractivity contribution in [3.05, 3.63) is 52.1 Å². The monoisotopic (exact) mass is 504 g/mol. The number of likely N-dealkylation sites (tertiary alicyclic amines) is 1. The van der Waals surface area contributed by atoms with Crippen molar-refractivity contribution in [3.8, 4) is 5.75 Å². The highest BCUT2D eigenvalue weighted by atomic mass is 35.5. The molecule has 0 saturated carbocycles. The Hall–Kier alpha value is -3.37. The van der Waals surface area contributed by atoms with Crippen molar-refractivity contribution >= 4 is 35.5 Å². The van der Waals surface area contributed by atoms with E-state index in [-0.39, 0.29) is 28.8 Å². The maximum atomic E-state index is 12.8. The molecule has 11 heteroatoms. The molecule has 2 unspecified atom stereocenters. The van der Waals surface area contributed by atoms with E-state index < -0.39 is 12.1 Å².